The Labute approximate surface area is 180 Å². The van der Waals surface area contributed by atoms with Crippen molar-refractivity contribution in [3.63, 3.8) is 0 Å². The van der Waals surface area contributed by atoms with Crippen LogP contribution in [0.3, 0.4) is 0 Å². The first kappa shape index (κ1) is 24.4. The maximum absolute atomic E-state index is 12.8. The van der Waals surface area contributed by atoms with E-state index in [0.29, 0.717) is 4.47 Å². The normalized spacial score (nSPS) is 11.0. The number of carboxylic acid groups (broad SMARTS) is 1. The predicted octanol–water partition coefficient (Wildman–Crippen LogP) is 3.91. The SMILES string of the molecule is CN[C@@H](COc1c(Br)cccc1[N+](=O)[O-])C(=O)O.O=[N+]([O-])c1cccc(Br)c1F. The molecule has 0 aromatic heterocycles. The molecule has 0 radical (unpaired) electrons. The molecule has 0 fully saturated rings. The van der Waals surface area contributed by atoms with Crippen LogP contribution < -0.4 is 10.1 Å². The zero-order valence-electron chi connectivity index (χ0n) is 14.7. The van der Waals surface area contributed by atoms with Gasteiger partial charge < -0.3 is 15.2 Å². The third-order valence-electron chi connectivity index (χ3n) is 3.31. The van der Waals surface area contributed by atoms with Crippen molar-refractivity contribution in [2.45, 2.75) is 6.04 Å². The van der Waals surface area contributed by atoms with E-state index in [9.17, 15) is 29.4 Å². The van der Waals surface area contributed by atoms with Gasteiger partial charge in [0, 0.05) is 12.1 Å². The minimum absolute atomic E-state index is 0.0176. The average molecular weight is 539 g/mol. The van der Waals surface area contributed by atoms with E-state index in [-0.39, 0.29) is 22.5 Å². The van der Waals surface area contributed by atoms with E-state index in [1.807, 2.05) is 0 Å². The number of ether oxygens (including phenoxy) is 1. The molecule has 0 saturated carbocycles. The summed E-state index contributed by atoms with van der Waals surface area (Å²) in [6.45, 7) is -0.213. The van der Waals surface area contributed by atoms with Crippen LogP contribution in [0.4, 0.5) is 15.8 Å². The van der Waals surface area contributed by atoms with E-state index in [2.05, 4.69) is 37.2 Å². The molecule has 10 nitrogen and oxygen atoms in total. The van der Waals surface area contributed by atoms with Crippen LogP contribution in [0.1, 0.15) is 0 Å². The quantitative estimate of drug-likeness (QED) is 0.398. The number of carbonyl (C=O) groups is 1. The second-order valence-electron chi connectivity index (χ2n) is 5.17. The van der Waals surface area contributed by atoms with Crippen LogP contribution in [0.5, 0.6) is 5.75 Å². The third kappa shape index (κ3) is 7.03. The molecule has 0 aliphatic carbocycles. The highest BCUT2D eigenvalue weighted by molar-refractivity contribution is 9.10. The molecule has 0 spiro atoms. The molecular weight excluding hydrogens is 525 g/mol. The molecule has 0 bridgehead atoms. The monoisotopic (exact) mass is 537 g/mol. The fourth-order valence-electron chi connectivity index (χ4n) is 1.86. The standard InChI is InChI=1S/C10H11BrN2O5.C6H3BrFNO2/c1-12-7(10(14)15)5-18-9-6(11)3-2-4-8(9)13(16)17;7-4-2-1-3-5(6(4)8)9(10)11/h2-4,7,12H,5H2,1H3,(H,14,15);1-3H/t7-;/m0./s1. The molecule has 29 heavy (non-hydrogen) atoms. The fraction of sp³-hybridized carbons (Fsp3) is 0.188. The topological polar surface area (TPSA) is 145 Å². The summed E-state index contributed by atoms with van der Waals surface area (Å²) in [7, 11) is 1.47. The zero-order valence-corrected chi connectivity index (χ0v) is 17.8. The number of nitrogens with one attached hydrogen (secondary N) is 1. The number of hydrogen-bond donors (Lipinski definition) is 2. The van der Waals surface area contributed by atoms with E-state index >= 15 is 0 Å². The van der Waals surface area contributed by atoms with Crippen LogP contribution >= 0.6 is 31.9 Å². The Morgan fingerprint density at radius 3 is 2.10 bits per heavy atom. The number of rotatable bonds is 7. The fourth-order valence-corrected chi connectivity index (χ4v) is 2.69. The van der Waals surface area contributed by atoms with Gasteiger partial charge in [-0.15, -0.1) is 0 Å². The number of carboxylic acids is 1. The summed E-state index contributed by atoms with van der Waals surface area (Å²) in [5.74, 6) is -1.91. The average Bonchev–Trinajstić information content (AvgIpc) is 2.65. The van der Waals surface area contributed by atoms with E-state index in [0.717, 1.165) is 6.07 Å². The number of nitro groups is 2. The van der Waals surface area contributed by atoms with Gasteiger partial charge >= 0.3 is 17.3 Å². The molecule has 0 aliphatic heterocycles. The van der Waals surface area contributed by atoms with Gasteiger partial charge in [0.25, 0.3) is 0 Å². The van der Waals surface area contributed by atoms with Crippen molar-refractivity contribution in [1.82, 2.24) is 5.32 Å². The van der Waals surface area contributed by atoms with Gasteiger partial charge in [-0.05, 0) is 51.0 Å². The molecule has 0 saturated heterocycles. The van der Waals surface area contributed by atoms with Crippen molar-refractivity contribution >= 4 is 49.2 Å². The van der Waals surface area contributed by atoms with Gasteiger partial charge in [0.05, 0.1) is 18.8 Å². The Morgan fingerprint density at radius 2 is 1.66 bits per heavy atom. The largest absolute Gasteiger partial charge is 0.484 e. The van der Waals surface area contributed by atoms with Crippen LogP contribution in [0.2, 0.25) is 0 Å². The summed E-state index contributed by atoms with van der Waals surface area (Å²) < 4.78 is 18.5. The zero-order chi connectivity index (χ0) is 22.1. The third-order valence-corrected chi connectivity index (χ3v) is 4.55. The molecule has 2 aromatic carbocycles. The van der Waals surface area contributed by atoms with Crippen molar-refractivity contribution in [3.8, 4) is 5.75 Å². The summed E-state index contributed by atoms with van der Waals surface area (Å²) in [5.41, 5.74) is -0.732. The number of aliphatic carboxylic acids is 1. The first-order valence-electron chi connectivity index (χ1n) is 7.64. The highest BCUT2D eigenvalue weighted by Crippen LogP contribution is 2.34. The van der Waals surface area contributed by atoms with Crippen molar-refractivity contribution in [3.05, 3.63) is 71.4 Å². The number of nitro benzene ring substituents is 2. The van der Waals surface area contributed by atoms with Gasteiger partial charge in [0.2, 0.25) is 11.6 Å². The molecule has 2 rings (SSSR count). The molecule has 0 heterocycles. The maximum atomic E-state index is 12.8. The summed E-state index contributed by atoms with van der Waals surface area (Å²) in [6.07, 6.45) is 0. The lowest BCUT2D eigenvalue weighted by molar-refractivity contribution is -0.387. The number of hydrogen-bond acceptors (Lipinski definition) is 7. The van der Waals surface area contributed by atoms with E-state index < -0.39 is 33.4 Å². The van der Waals surface area contributed by atoms with Crippen LogP contribution in [0.15, 0.2) is 45.3 Å². The Balaban J connectivity index is 0.000000326. The van der Waals surface area contributed by atoms with Gasteiger partial charge in [-0.3, -0.25) is 25.0 Å². The Hall–Kier alpha value is -2.64. The lowest BCUT2D eigenvalue weighted by Crippen LogP contribution is -2.39. The summed E-state index contributed by atoms with van der Waals surface area (Å²) in [6, 6.07) is 7.36. The lowest BCUT2D eigenvalue weighted by atomic mass is 10.3. The van der Waals surface area contributed by atoms with Crippen molar-refractivity contribution in [2.24, 2.45) is 0 Å². The van der Waals surface area contributed by atoms with Crippen molar-refractivity contribution < 1.29 is 28.9 Å². The molecule has 0 amide bonds. The molecule has 13 heteroatoms. The first-order chi connectivity index (χ1) is 13.6. The van der Waals surface area contributed by atoms with Gasteiger partial charge in [0.1, 0.15) is 12.6 Å². The van der Waals surface area contributed by atoms with E-state index in [1.54, 1.807) is 6.07 Å². The molecule has 1 atom stereocenters. The van der Waals surface area contributed by atoms with E-state index in [4.69, 9.17) is 9.84 Å². The number of likely N-dealkylation sites (N-methyl/N-ethyl adjacent to an activating group) is 1. The molecule has 156 valence electrons. The number of halogens is 3. The minimum Gasteiger partial charge on any atom is -0.484 e. The number of benzene rings is 2. The highest BCUT2D eigenvalue weighted by atomic mass is 79.9. The predicted molar refractivity (Wildman–Crippen MR) is 108 cm³/mol. The molecule has 0 unspecified atom stereocenters. The summed E-state index contributed by atoms with van der Waals surface area (Å²) in [4.78, 5) is 30.3. The Kier molecular flexibility index (Phi) is 9.58. The second kappa shape index (κ2) is 11.4. The van der Waals surface area contributed by atoms with Gasteiger partial charge in [0.15, 0.2) is 0 Å². The van der Waals surface area contributed by atoms with Crippen molar-refractivity contribution in [1.29, 1.82) is 0 Å². The van der Waals surface area contributed by atoms with Crippen LogP contribution in [-0.4, -0.2) is 40.6 Å². The van der Waals surface area contributed by atoms with Crippen LogP contribution in [-0.2, 0) is 4.79 Å². The maximum Gasteiger partial charge on any atom is 0.324 e. The molecule has 2 aromatic rings. The summed E-state index contributed by atoms with van der Waals surface area (Å²) >= 11 is 5.96. The van der Waals surface area contributed by atoms with Gasteiger partial charge in [-0.25, -0.2) is 0 Å². The smallest absolute Gasteiger partial charge is 0.324 e. The molecule has 0 aliphatic rings. The van der Waals surface area contributed by atoms with Gasteiger partial charge in [-0.2, -0.15) is 4.39 Å². The highest BCUT2D eigenvalue weighted by Gasteiger charge is 2.21. The van der Waals surface area contributed by atoms with Crippen LogP contribution in [0, 0.1) is 26.0 Å². The van der Waals surface area contributed by atoms with E-state index in [1.165, 1.54) is 31.3 Å². The molecular formula is C16H14Br2FN3O7. The summed E-state index contributed by atoms with van der Waals surface area (Å²) in [5, 5.41) is 32.3. The van der Waals surface area contributed by atoms with Gasteiger partial charge in [-0.1, -0.05) is 12.1 Å². The Morgan fingerprint density at radius 1 is 1.14 bits per heavy atom. The Bertz CT molecular complexity index is 914. The van der Waals surface area contributed by atoms with Crippen molar-refractivity contribution in [2.75, 3.05) is 13.7 Å². The lowest BCUT2D eigenvalue weighted by Gasteiger charge is -2.13. The second-order valence-corrected chi connectivity index (χ2v) is 6.87. The first-order valence-corrected chi connectivity index (χ1v) is 9.22. The number of nitrogens with zero attached hydrogens (tertiary/aromatic N) is 2. The molecule has 2 N–H and O–H groups in total. The number of para-hydroxylation sites is 1. The van der Waals surface area contributed by atoms with Crippen LogP contribution in [0.25, 0.3) is 0 Å². The minimum atomic E-state index is -1.09.